The summed E-state index contributed by atoms with van der Waals surface area (Å²) < 4.78 is 7.67. The minimum Gasteiger partial charge on any atom is -0.390 e. The van der Waals surface area contributed by atoms with Gasteiger partial charge in [-0.1, -0.05) is 50.6 Å². The SMILES string of the molecule is CC(OCCCC(C(O)C(C)(C)C)n1cncn1)c1ccccc1Cl. The van der Waals surface area contributed by atoms with Gasteiger partial charge in [0, 0.05) is 11.6 Å². The van der Waals surface area contributed by atoms with Gasteiger partial charge in [0.15, 0.2) is 0 Å². The second-order valence-electron chi connectivity index (χ2n) is 7.43. The van der Waals surface area contributed by atoms with E-state index in [1.807, 2.05) is 52.0 Å². The Balaban J connectivity index is 1.90. The topological polar surface area (TPSA) is 60.2 Å². The van der Waals surface area contributed by atoms with Crippen molar-refractivity contribution in [2.75, 3.05) is 6.61 Å². The highest BCUT2D eigenvalue weighted by Gasteiger charge is 2.31. The van der Waals surface area contributed by atoms with E-state index in [1.54, 1.807) is 11.0 Å². The van der Waals surface area contributed by atoms with Crippen LogP contribution in [0.15, 0.2) is 36.9 Å². The summed E-state index contributed by atoms with van der Waals surface area (Å²) in [6.45, 7) is 8.67. The van der Waals surface area contributed by atoms with Crippen LogP contribution in [0.5, 0.6) is 0 Å². The van der Waals surface area contributed by atoms with Gasteiger partial charge in [0.25, 0.3) is 0 Å². The summed E-state index contributed by atoms with van der Waals surface area (Å²) in [6, 6.07) is 7.60. The number of halogens is 1. The summed E-state index contributed by atoms with van der Waals surface area (Å²) in [5, 5.41) is 15.6. The monoisotopic (exact) mass is 365 g/mol. The zero-order chi connectivity index (χ0) is 18.4. The molecule has 2 aromatic rings. The number of rotatable bonds is 8. The molecule has 0 aliphatic carbocycles. The first-order valence-corrected chi connectivity index (χ1v) is 9.06. The van der Waals surface area contributed by atoms with Crippen LogP contribution in [0, 0.1) is 5.41 Å². The van der Waals surface area contributed by atoms with Crippen LogP contribution in [-0.2, 0) is 4.74 Å². The zero-order valence-electron chi connectivity index (χ0n) is 15.4. The third kappa shape index (κ3) is 5.53. The Kier molecular flexibility index (Phi) is 6.99. The number of benzene rings is 1. The Bertz CT molecular complexity index is 640. The van der Waals surface area contributed by atoms with Gasteiger partial charge >= 0.3 is 0 Å². The summed E-state index contributed by atoms with van der Waals surface area (Å²) in [6.07, 6.45) is 4.15. The largest absolute Gasteiger partial charge is 0.390 e. The van der Waals surface area contributed by atoms with Crippen LogP contribution in [-0.4, -0.2) is 32.6 Å². The summed E-state index contributed by atoms with van der Waals surface area (Å²) in [4.78, 5) is 4.01. The third-order valence-electron chi connectivity index (χ3n) is 4.38. The molecule has 0 fully saturated rings. The highest BCUT2D eigenvalue weighted by molar-refractivity contribution is 6.31. The average Bonchev–Trinajstić information content (AvgIpc) is 3.08. The molecule has 2 rings (SSSR count). The molecule has 1 aromatic heterocycles. The van der Waals surface area contributed by atoms with E-state index in [0.29, 0.717) is 6.61 Å². The molecular weight excluding hydrogens is 338 g/mol. The third-order valence-corrected chi connectivity index (χ3v) is 4.73. The predicted octanol–water partition coefficient (Wildman–Crippen LogP) is 4.44. The van der Waals surface area contributed by atoms with Crippen molar-refractivity contribution in [1.82, 2.24) is 14.8 Å². The first-order valence-electron chi connectivity index (χ1n) is 8.69. The lowest BCUT2D eigenvalue weighted by molar-refractivity contribution is 0.00208. The highest BCUT2D eigenvalue weighted by atomic mass is 35.5. The summed E-state index contributed by atoms with van der Waals surface area (Å²) in [5.74, 6) is 0. The van der Waals surface area contributed by atoms with E-state index >= 15 is 0 Å². The molecule has 6 heteroatoms. The Morgan fingerprint density at radius 3 is 2.60 bits per heavy atom. The minimum absolute atomic E-state index is 0.0638. The fourth-order valence-electron chi connectivity index (χ4n) is 2.85. The van der Waals surface area contributed by atoms with E-state index in [4.69, 9.17) is 16.3 Å². The van der Waals surface area contributed by atoms with Gasteiger partial charge in [-0.2, -0.15) is 5.10 Å². The first kappa shape index (κ1) is 19.9. The second kappa shape index (κ2) is 8.79. The Morgan fingerprint density at radius 2 is 2.00 bits per heavy atom. The van der Waals surface area contributed by atoms with Gasteiger partial charge in [0.1, 0.15) is 12.7 Å². The number of aliphatic hydroxyl groups excluding tert-OH is 1. The van der Waals surface area contributed by atoms with E-state index < -0.39 is 6.10 Å². The van der Waals surface area contributed by atoms with E-state index in [1.165, 1.54) is 6.33 Å². The Morgan fingerprint density at radius 1 is 1.28 bits per heavy atom. The van der Waals surface area contributed by atoms with Crippen molar-refractivity contribution >= 4 is 11.6 Å². The first-order chi connectivity index (χ1) is 11.8. The van der Waals surface area contributed by atoms with Crippen molar-refractivity contribution in [2.45, 2.75) is 58.8 Å². The molecule has 0 saturated carbocycles. The van der Waals surface area contributed by atoms with Gasteiger partial charge in [0.05, 0.1) is 18.2 Å². The molecule has 25 heavy (non-hydrogen) atoms. The lowest BCUT2D eigenvalue weighted by Crippen LogP contribution is -2.36. The van der Waals surface area contributed by atoms with E-state index in [2.05, 4.69) is 10.1 Å². The average molecular weight is 366 g/mol. The maximum Gasteiger partial charge on any atom is 0.137 e. The van der Waals surface area contributed by atoms with Crippen molar-refractivity contribution in [3.05, 3.63) is 47.5 Å². The summed E-state index contributed by atoms with van der Waals surface area (Å²) in [7, 11) is 0. The molecule has 5 nitrogen and oxygen atoms in total. The van der Waals surface area contributed by atoms with Gasteiger partial charge in [0.2, 0.25) is 0 Å². The lowest BCUT2D eigenvalue weighted by Gasteiger charge is -2.33. The summed E-state index contributed by atoms with van der Waals surface area (Å²) >= 11 is 6.21. The van der Waals surface area contributed by atoms with E-state index in [9.17, 15) is 5.11 Å². The molecule has 0 amide bonds. The van der Waals surface area contributed by atoms with E-state index in [-0.39, 0.29) is 17.6 Å². The molecular formula is C19H28ClN3O2. The number of hydrogen-bond donors (Lipinski definition) is 1. The molecule has 0 saturated heterocycles. The molecule has 138 valence electrons. The van der Waals surface area contributed by atoms with Crippen LogP contribution >= 0.6 is 11.6 Å². The fourth-order valence-corrected chi connectivity index (χ4v) is 3.14. The normalized spacial score (nSPS) is 15.8. The Labute approximate surface area is 155 Å². The standard InChI is InChI=1S/C19H28ClN3O2/c1-14(15-8-5-6-9-16(15)20)25-11-7-10-17(18(24)19(2,3)4)23-13-21-12-22-23/h5-6,8-9,12-14,17-18,24H,7,10-11H2,1-4H3. The molecule has 0 aliphatic heterocycles. The van der Waals surface area contributed by atoms with Gasteiger partial charge in [-0.05, 0) is 36.8 Å². The molecule has 1 N–H and O–H groups in total. The van der Waals surface area contributed by atoms with Gasteiger partial charge in [-0.15, -0.1) is 0 Å². The number of nitrogens with zero attached hydrogens (tertiary/aromatic N) is 3. The van der Waals surface area contributed by atoms with Crippen LogP contribution in [0.25, 0.3) is 0 Å². The predicted molar refractivity (Wildman–Crippen MR) is 99.6 cm³/mol. The molecule has 0 spiro atoms. The number of aliphatic hydroxyl groups is 1. The van der Waals surface area contributed by atoms with Crippen molar-refractivity contribution in [2.24, 2.45) is 5.41 Å². The zero-order valence-corrected chi connectivity index (χ0v) is 16.1. The lowest BCUT2D eigenvalue weighted by atomic mass is 9.83. The van der Waals surface area contributed by atoms with Crippen LogP contribution in [0.2, 0.25) is 5.02 Å². The van der Waals surface area contributed by atoms with Crippen molar-refractivity contribution < 1.29 is 9.84 Å². The molecule has 1 aromatic carbocycles. The van der Waals surface area contributed by atoms with Gasteiger partial charge in [-0.25, -0.2) is 9.67 Å². The molecule has 1 heterocycles. The molecule has 0 radical (unpaired) electrons. The van der Waals surface area contributed by atoms with Crippen molar-refractivity contribution in [3.8, 4) is 0 Å². The van der Waals surface area contributed by atoms with Crippen LogP contribution in [0.1, 0.15) is 58.2 Å². The number of aromatic nitrogens is 3. The van der Waals surface area contributed by atoms with Crippen molar-refractivity contribution in [3.63, 3.8) is 0 Å². The summed E-state index contributed by atoms with van der Waals surface area (Å²) in [5.41, 5.74) is 0.759. The molecule has 3 unspecified atom stereocenters. The Hall–Kier alpha value is -1.43. The molecule has 0 aliphatic rings. The van der Waals surface area contributed by atoms with Crippen LogP contribution in [0.3, 0.4) is 0 Å². The highest BCUT2D eigenvalue weighted by Crippen LogP contribution is 2.31. The fraction of sp³-hybridized carbons (Fsp3) is 0.579. The van der Waals surface area contributed by atoms with Gasteiger partial charge in [-0.3, -0.25) is 0 Å². The number of ether oxygens (including phenoxy) is 1. The van der Waals surface area contributed by atoms with Gasteiger partial charge < -0.3 is 9.84 Å². The van der Waals surface area contributed by atoms with Crippen LogP contribution in [0.4, 0.5) is 0 Å². The molecule has 0 bridgehead atoms. The maximum absolute atomic E-state index is 10.7. The second-order valence-corrected chi connectivity index (χ2v) is 7.84. The quantitative estimate of drug-likeness (QED) is 0.702. The minimum atomic E-state index is -0.518. The molecule has 3 atom stereocenters. The van der Waals surface area contributed by atoms with Crippen LogP contribution < -0.4 is 0 Å². The smallest absolute Gasteiger partial charge is 0.137 e. The van der Waals surface area contributed by atoms with Crippen molar-refractivity contribution in [1.29, 1.82) is 0 Å². The maximum atomic E-state index is 10.7. The van der Waals surface area contributed by atoms with E-state index in [0.717, 1.165) is 23.4 Å². The number of hydrogen-bond acceptors (Lipinski definition) is 4.